The van der Waals surface area contributed by atoms with Crippen LogP contribution in [-0.2, 0) is 11.3 Å². The first-order valence-corrected chi connectivity index (χ1v) is 7.87. The number of rotatable bonds is 3. The zero-order valence-electron chi connectivity index (χ0n) is 13.1. The van der Waals surface area contributed by atoms with Crippen LogP contribution in [0.15, 0.2) is 24.3 Å². The molecule has 0 unspecified atom stereocenters. The molecule has 0 radical (unpaired) electrons. The number of fused-ring (bicyclic) bond motifs is 1. The number of likely N-dealkylation sites (tertiary alicyclic amines) is 1. The van der Waals surface area contributed by atoms with Gasteiger partial charge in [-0.25, -0.2) is 4.79 Å². The second kappa shape index (κ2) is 6.32. The molecule has 1 fully saturated rings. The number of carboxylic acid groups (broad SMARTS) is 1. The Kier molecular flexibility index (Phi) is 4.23. The van der Waals surface area contributed by atoms with E-state index in [4.69, 9.17) is 5.11 Å². The van der Waals surface area contributed by atoms with E-state index >= 15 is 0 Å². The first kappa shape index (κ1) is 15.4. The van der Waals surface area contributed by atoms with Crippen molar-refractivity contribution in [3.05, 3.63) is 35.5 Å². The lowest BCUT2D eigenvalue weighted by atomic mass is 9.97. The van der Waals surface area contributed by atoms with Gasteiger partial charge in [-0.1, -0.05) is 6.07 Å². The van der Waals surface area contributed by atoms with Crippen LogP contribution < -0.4 is 5.32 Å². The fourth-order valence-corrected chi connectivity index (χ4v) is 3.06. The van der Waals surface area contributed by atoms with Crippen molar-refractivity contribution in [1.82, 2.24) is 15.2 Å². The zero-order chi connectivity index (χ0) is 16.4. The van der Waals surface area contributed by atoms with Crippen LogP contribution >= 0.6 is 0 Å². The first-order chi connectivity index (χ1) is 11.0. The van der Waals surface area contributed by atoms with Gasteiger partial charge in [0.15, 0.2) is 0 Å². The van der Waals surface area contributed by atoms with Gasteiger partial charge in [0.05, 0.1) is 5.92 Å². The Morgan fingerprint density at radius 3 is 2.74 bits per heavy atom. The second-order valence-corrected chi connectivity index (χ2v) is 6.13. The minimum atomic E-state index is -0.764. The summed E-state index contributed by atoms with van der Waals surface area (Å²) in [5.41, 5.74) is 3.25. The molecule has 0 atom stereocenters. The van der Waals surface area contributed by atoms with Crippen molar-refractivity contribution in [1.29, 1.82) is 0 Å². The number of carbonyl (C=O) groups is 2. The predicted octanol–water partition coefficient (Wildman–Crippen LogP) is 2.48. The van der Waals surface area contributed by atoms with E-state index in [0.717, 1.165) is 22.2 Å². The van der Waals surface area contributed by atoms with E-state index in [0.29, 0.717) is 32.5 Å². The van der Waals surface area contributed by atoms with Crippen molar-refractivity contribution in [2.24, 2.45) is 5.92 Å². The Morgan fingerprint density at radius 2 is 2.04 bits per heavy atom. The Hall–Kier alpha value is -2.50. The zero-order valence-corrected chi connectivity index (χ0v) is 13.1. The summed E-state index contributed by atoms with van der Waals surface area (Å²) in [6, 6.07) is 8.03. The third kappa shape index (κ3) is 3.47. The summed E-state index contributed by atoms with van der Waals surface area (Å²) in [4.78, 5) is 28.1. The van der Waals surface area contributed by atoms with E-state index in [1.807, 2.05) is 19.1 Å². The highest BCUT2D eigenvalue weighted by molar-refractivity contribution is 5.81. The van der Waals surface area contributed by atoms with Gasteiger partial charge in [0.2, 0.25) is 0 Å². The molecule has 0 saturated carbocycles. The number of carbonyl (C=O) groups excluding carboxylic acids is 1. The van der Waals surface area contributed by atoms with E-state index in [-0.39, 0.29) is 11.9 Å². The standard InChI is InChI=1S/C17H21N3O3/c1-11-8-14-9-12(2-3-15(14)19-11)10-18-17(23)20-6-4-13(5-7-20)16(21)22/h2-3,8-9,13,19H,4-7,10H2,1H3,(H,18,23)(H,21,22). The van der Waals surface area contributed by atoms with Gasteiger partial charge in [0.25, 0.3) is 0 Å². The van der Waals surface area contributed by atoms with Crippen LogP contribution in [0.1, 0.15) is 24.1 Å². The molecule has 0 bridgehead atoms. The summed E-state index contributed by atoms with van der Waals surface area (Å²) in [6.07, 6.45) is 1.05. The number of hydrogen-bond donors (Lipinski definition) is 3. The van der Waals surface area contributed by atoms with Crippen LogP contribution in [0.5, 0.6) is 0 Å². The van der Waals surface area contributed by atoms with E-state index in [1.165, 1.54) is 0 Å². The maximum absolute atomic E-state index is 12.2. The molecule has 0 spiro atoms. The van der Waals surface area contributed by atoms with Gasteiger partial charge in [-0.3, -0.25) is 4.79 Å². The van der Waals surface area contributed by atoms with Gasteiger partial charge >= 0.3 is 12.0 Å². The van der Waals surface area contributed by atoms with Crippen LogP contribution in [0.4, 0.5) is 4.79 Å². The summed E-state index contributed by atoms with van der Waals surface area (Å²) < 4.78 is 0. The van der Waals surface area contributed by atoms with Gasteiger partial charge in [-0.05, 0) is 48.9 Å². The third-order valence-corrected chi connectivity index (χ3v) is 4.39. The number of aryl methyl sites for hydroxylation is 1. The summed E-state index contributed by atoms with van der Waals surface area (Å²) in [5, 5.41) is 13.0. The lowest BCUT2D eigenvalue weighted by Crippen LogP contribution is -2.45. The Balaban J connectivity index is 1.55. The molecule has 6 nitrogen and oxygen atoms in total. The van der Waals surface area contributed by atoms with Crippen molar-refractivity contribution >= 4 is 22.9 Å². The van der Waals surface area contributed by atoms with Crippen LogP contribution in [-0.4, -0.2) is 40.1 Å². The first-order valence-electron chi connectivity index (χ1n) is 7.87. The number of urea groups is 1. The monoisotopic (exact) mass is 315 g/mol. The Morgan fingerprint density at radius 1 is 1.30 bits per heavy atom. The maximum Gasteiger partial charge on any atom is 0.317 e. The lowest BCUT2D eigenvalue weighted by Gasteiger charge is -2.30. The second-order valence-electron chi connectivity index (χ2n) is 6.13. The molecule has 3 N–H and O–H groups in total. The normalized spacial score (nSPS) is 15.8. The number of nitrogens with zero attached hydrogens (tertiary/aromatic N) is 1. The van der Waals surface area contributed by atoms with E-state index in [9.17, 15) is 9.59 Å². The predicted molar refractivity (Wildman–Crippen MR) is 87.2 cm³/mol. The third-order valence-electron chi connectivity index (χ3n) is 4.39. The number of aliphatic carboxylic acids is 1. The fraction of sp³-hybridized carbons (Fsp3) is 0.412. The Bertz CT molecular complexity index is 730. The average Bonchev–Trinajstić information content (AvgIpc) is 2.92. The van der Waals surface area contributed by atoms with E-state index < -0.39 is 5.97 Å². The highest BCUT2D eigenvalue weighted by atomic mass is 16.4. The van der Waals surface area contributed by atoms with Crippen LogP contribution in [0, 0.1) is 12.8 Å². The molecule has 6 heteroatoms. The largest absolute Gasteiger partial charge is 0.481 e. The highest BCUT2D eigenvalue weighted by Gasteiger charge is 2.26. The van der Waals surface area contributed by atoms with Crippen molar-refractivity contribution in [3.63, 3.8) is 0 Å². The number of piperidine rings is 1. The van der Waals surface area contributed by atoms with Crippen LogP contribution in [0.25, 0.3) is 10.9 Å². The molecule has 1 aliphatic rings. The minimum Gasteiger partial charge on any atom is -0.481 e. The molecule has 2 aromatic rings. The molecule has 122 valence electrons. The van der Waals surface area contributed by atoms with E-state index in [1.54, 1.807) is 4.90 Å². The summed E-state index contributed by atoms with van der Waals surface area (Å²) in [6.45, 7) is 3.48. The van der Waals surface area contributed by atoms with Crippen molar-refractivity contribution < 1.29 is 14.7 Å². The van der Waals surface area contributed by atoms with Gasteiger partial charge in [-0.2, -0.15) is 0 Å². The Labute approximate surface area is 134 Å². The summed E-state index contributed by atoms with van der Waals surface area (Å²) in [7, 11) is 0. The van der Waals surface area contributed by atoms with Crippen molar-refractivity contribution in [2.45, 2.75) is 26.3 Å². The number of H-pyrrole nitrogens is 1. The van der Waals surface area contributed by atoms with Crippen LogP contribution in [0.3, 0.4) is 0 Å². The van der Waals surface area contributed by atoms with Gasteiger partial charge < -0.3 is 20.3 Å². The molecule has 23 heavy (non-hydrogen) atoms. The molecule has 2 amide bonds. The van der Waals surface area contributed by atoms with Gasteiger partial charge in [-0.15, -0.1) is 0 Å². The molecule has 1 aromatic carbocycles. The molecule has 2 heterocycles. The number of nitrogens with one attached hydrogen (secondary N) is 2. The number of aromatic amines is 1. The molecule has 0 aliphatic carbocycles. The number of carboxylic acids is 1. The molecular weight excluding hydrogens is 294 g/mol. The van der Waals surface area contributed by atoms with Crippen molar-refractivity contribution in [3.8, 4) is 0 Å². The lowest BCUT2D eigenvalue weighted by molar-refractivity contribution is -0.143. The summed E-state index contributed by atoms with van der Waals surface area (Å²) >= 11 is 0. The highest BCUT2D eigenvalue weighted by Crippen LogP contribution is 2.18. The number of amides is 2. The topological polar surface area (TPSA) is 85.4 Å². The minimum absolute atomic E-state index is 0.126. The van der Waals surface area contributed by atoms with E-state index in [2.05, 4.69) is 22.4 Å². The molecule has 1 aliphatic heterocycles. The molecule has 1 saturated heterocycles. The molecule has 3 rings (SSSR count). The van der Waals surface area contributed by atoms with Crippen LogP contribution in [0.2, 0.25) is 0 Å². The number of hydrogen-bond acceptors (Lipinski definition) is 2. The van der Waals surface area contributed by atoms with Crippen molar-refractivity contribution in [2.75, 3.05) is 13.1 Å². The SMILES string of the molecule is Cc1cc2cc(CNC(=O)N3CCC(C(=O)O)CC3)ccc2[nH]1. The summed E-state index contributed by atoms with van der Waals surface area (Å²) in [5.74, 6) is -1.08. The average molecular weight is 315 g/mol. The molecular formula is C17H21N3O3. The fourth-order valence-electron chi connectivity index (χ4n) is 3.06. The quantitative estimate of drug-likeness (QED) is 0.813. The number of benzene rings is 1. The molecule has 1 aromatic heterocycles. The van der Waals surface area contributed by atoms with Gasteiger partial charge in [0, 0.05) is 30.8 Å². The van der Waals surface area contributed by atoms with Gasteiger partial charge in [0.1, 0.15) is 0 Å². The maximum atomic E-state index is 12.2. The number of aromatic nitrogens is 1. The smallest absolute Gasteiger partial charge is 0.317 e.